The van der Waals surface area contributed by atoms with Gasteiger partial charge in [-0.1, -0.05) is 18.2 Å². The molecule has 0 spiro atoms. The standard InChI is InChI=1S/C27H35N3O6S/c1-16-7-6-8-20(23(16)31)22(24(32)28-17-9-13-19(35-5)14-10-17)30(18-11-12-18)25(33)21(15-37)29-26(34)36-27(2,3)4/h6-10,13-14,18,21-22,31,37H,11-12,15H2,1-5H3,(H,28,32)(H,29,34). The number of aryl methyl sites for hydroxylation is 1. The van der Waals surface area contributed by atoms with Crippen molar-refractivity contribution in [1.29, 1.82) is 0 Å². The van der Waals surface area contributed by atoms with Gasteiger partial charge in [-0.2, -0.15) is 12.6 Å². The van der Waals surface area contributed by atoms with E-state index in [0.717, 1.165) is 0 Å². The van der Waals surface area contributed by atoms with E-state index >= 15 is 0 Å². The highest BCUT2D eigenvalue weighted by Crippen LogP contribution is 2.39. The maximum Gasteiger partial charge on any atom is 0.408 e. The molecule has 200 valence electrons. The second-order valence-corrected chi connectivity index (χ2v) is 10.4. The number of hydrogen-bond acceptors (Lipinski definition) is 7. The first-order valence-corrected chi connectivity index (χ1v) is 12.7. The first-order valence-electron chi connectivity index (χ1n) is 12.1. The van der Waals surface area contributed by atoms with Crippen LogP contribution >= 0.6 is 12.6 Å². The van der Waals surface area contributed by atoms with Gasteiger partial charge in [0, 0.05) is 23.0 Å². The van der Waals surface area contributed by atoms with E-state index < -0.39 is 35.6 Å². The smallest absolute Gasteiger partial charge is 0.408 e. The molecule has 0 radical (unpaired) electrons. The number of thiol groups is 1. The molecule has 1 aliphatic carbocycles. The molecule has 2 aromatic rings. The Labute approximate surface area is 222 Å². The molecule has 2 aromatic carbocycles. The van der Waals surface area contributed by atoms with Crippen LogP contribution in [0, 0.1) is 6.92 Å². The van der Waals surface area contributed by atoms with Crippen molar-refractivity contribution in [2.75, 3.05) is 18.2 Å². The molecule has 2 unspecified atom stereocenters. The predicted molar refractivity (Wildman–Crippen MR) is 144 cm³/mol. The lowest BCUT2D eigenvalue weighted by Crippen LogP contribution is -2.54. The summed E-state index contributed by atoms with van der Waals surface area (Å²) < 4.78 is 10.5. The number of amides is 3. The lowest BCUT2D eigenvalue weighted by atomic mass is 9.99. The van der Waals surface area contributed by atoms with Crippen molar-refractivity contribution < 1.29 is 29.0 Å². The van der Waals surface area contributed by atoms with Crippen LogP contribution in [0.4, 0.5) is 10.5 Å². The van der Waals surface area contributed by atoms with Gasteiger partial charge in [0.25, 0.3) is 5.91 Å². The zero-order valence-electron chi connectivity index (χ0n) is 21.8. The Hall–Kier alpha value is -3.40. The summed E-state index contributed by atoms with van der Waals surface area (Å²) in [6, 6.07) is 9.44. The van der Waals surface area contributed by atoms with E-state index in [-0.39, 0.29) is 17.5 Å². The molecule has 3 N–H and O–H groups in total. The van der Waals surface area contributed by atoms with Crippen molar-refractivity contribution in [2.24, 2.45) is 0 Å². The minimum absolute atomic E-state index is 0.00604. The van der Waals surface area contributed by atoms with Gasteiger partial charge in [-0.3, -0.25) is 9.59 Å². The third-order valence-electron chi connectivity index (χ3n) is 5.81. The van der Waals surface area contributed by atoms with Crippen molar-refractivity contribution in [3.8, 4) is 11.5 Å². The van der Waals surface area contributed by atoms with Crippen LogP contribution in [-0.4, -0.2) is 58.5 Å². The second kappa shape index (κ2) is 11.8. The number of rotatable bonds is 9. The molecule has 2 atom stereocenters. The van der Waals surface area contributed by atoms with Gasteiger partial charge >= 0.3 is 6.09 Å². The number of hydrogen-bond donors (Lipinski definition) is 4. The number of carbonyl (C=O) groups excluding carboxylic acids is 3. The molecule has 0 bridgehead atoms. The number of benzene rings is 2. The molecule has 9 nitrogen and oxygen atoms in total. The topological polar surface area (TPSA) is 117 Å². The Balaban J connectivity index is 1.97. The number of nitrogens with zero attached hydrogens (tertiary/aromatic N) is 1. The Morgan fingerprint density at radius 2 is 1.78 bits per heavy atom. The van der Waals surface area contributed by atoms with Crippen LogP contribution < -0.4 is 15.4 Å². The first-order chi connectivity index (χ1) is 17.4. The van der Waals surface area contributed by atoms with Crippen LogP contribution in [0.1, 0.15) is 50.8 Å². The van der Waals surface area contributed by atoms with Gasteiger partial charge in [0.15, 0.2) is 0 Å². The van der Waals surface area contributed by atoms with Gasteiger partial charge in [-0.05, 0) is 70.4 Å². The molecule has 0 saturated heterocycles. The van der Waals surface area contributed by atoms with Crippen LogP contribution in [0.25, 0.3) is 0 Å². The van der Waals surface area contributed by atoms with E-state index in [1.54, 1.807) is 77.3 Å². The molecular weight excluding hydrogens is 494 g/mol. The Bertz CT molecular complexity index is 1130. The minimum Gasteiger partial charge on any atom is -0.507 e. The zero-order valence-corrected chi connectivity index (χ0v) is 22.7. The van der Waals surface area contributed by atoms with Crippen molar-refractivity contribution in [1.82, 2.24) is 10.2 Å². The molecule has 10 heteroatoms. The van der Waals surface area contributed by atoms with E-state index in [0.29, 0.717) is 35.4 Å². The van der Waals surface area contributed by atoms with Gasteiger partial charge in [-0.25, -0.2) is 4.79 Å². The van der Waals surface area contributed by atoms with Gasteiger partial charge < -0.3 is 30.1 Å². The number of para-hydroxylation sites is 1. The predicted octanol–water partition coefficient (Wildman–Crippen LogP) is 4.20. The first kappa shape index (κ1) is 28.2. The summed E-state index contributed by atoms with van der Waals surface area (Å²) in [6.45, 7) is 6.89. The highest BCUT2D eigenvalue weighted by molar-refractivity contribution is 7.80. The molecule has 0 aromatic heterocycles. The molecule has 0 heterocycles. The number of nitrogens with one attached hydrogen (secondary N) is 2. The van der Waals surface area contributed by atoms with E-state index in [2.05, 4.69) is 23.3 Å². The Morgan fingerprint density at radius 3 is 2.32 bits per heavy atom. The van der Waals surface area contributed by atoms with Crippen LogP contribution in [0.15, 0.2) is 42.5 Å². The summed E-state index contributed by atoms with van der Waals surface area (Å²) in [6.07, 6.45) is 0.625. The number of carbonyl (C=O) groups is 3. The quantitative estimate of drug-likeness (QED) is 0.362. The molecule has 3 amide bonds. The maximum absolute atomic E-state index is 13.8. The normalized spacial score (nSPS) is 14.8. The summed E-state index contributed by atoms with van der Waals surface area (Å²) in [7, 11) is 1.55. The lowest BCUT2D eigenvalue weighted by molar-refractivity contribution is -0.141. The molecule has 1 aliphatic rings. The molecular formula is C27H35N3O6S. The zero-order chi connectivity index (χ0) is 27.3. The van der Waals surface area contributed by atoms with Gasteiger partial charge in [0.05, 0.1) is 7.11 Å². The van der Waals surface area contributed by atoms with Crippen LogP contribution in [0.2, 0.25) is 0 Å². The Morgan fingerprint density at radius 1 is 1.14 bits per heavy atom. The van der Waals surface area contributed by atoms with Crippen molar-refractivity contribution >= 4 is 36.2 Å². The highest BCUT2D eigenvalue weighted by Gasteiger charge is 2.44. The summed E-state index contributed by atoms with van der Waals surface area (Å²) in [4.78, 5) is 41.5. The van der Waals surface area contributed by atoms with Crippen LogP contribution in [0.5, 0.6) is 11.5 Å². The van der Waals surface area contributed by atoms with Crippen molar-refractivity contribution in [3.63, 3.8) is 0 Å². The van der Waals surface area contributed by atoms with Gasteiger partial charge in [0.1, 0.15) is 29.2 Å². The van der Waals surface area contributed by atoms with E-state index in [9.17, 15) is 19.5 Å². The average molecular weight is 530 g/mol. The van der Waals surface area contributed by atoms with Crippen LogP contribution in [-0.2, 0) is 14.3 Å². The molecule has 1 fully saturated rings. The number of methoxy groups -OCH3 is 1. The number of phenols is 1. The van der Waals surface area contributed by atoms with Crippen molar-refractivity contribution in [2.45, 2.75) is 64.3 Å². The van der Waals surface area contributed by atoms with Crippen molar-refractivity contribution in [3.05, 3.63) is 53.6 Å². The third kappa shape index (κ3) is 7.31. The van der Waals surface area contributed by atoms with E-state index in [4.69, 9.17) is 9.47 Å². The number of phenolic OH excluding ortho intramolecular Hbond substituents is 1. The SMILES string of the molecule is COc1ccc(NC(=O)C(c2cccc(C)c2O)N(C(=O)C(CS)NC(=O)OC(C)(C)C)C2CC2)cc1. The van der Waals surface area contributed by atoms with E-state index in [1.807, 2.05) is 0 Å². The molecule has 0 aliphatic heterocycles. The Kier molecular flexibility index (Phi) is 8.96. The lowest BCUT2D eigenvalue weighted by Gasteiger charge is -2.34. The van der Waals surface area contributed by atoms with Gasteiger partial charge in [0.2, 0.25) is 5.91 Å². The number of anilines is 1. The second-order valence-electron chi connectivity index (χ2n) is 9.99. The monoisotopic (exact) mass is 529 g/mol. The summed E-state index contributed by atoms with van der Waals surface area (Å²) in [5.74, 6) is -0.432. The summed E-state index contributed by atoms with van der Waals surface area (Å²) in [5.41, 5.74) is 0.615. The fourth-order valence-corrected chi connectivity index (χ4v) is 4.14. The summed E-state index contributed by atoms with van der Waals surface area (Å²) in [5, 5.41) is 16.4. The van der Waals surface area contributed by atoms with Crippen LogP contribution in [0.3, 0.4) is 0 Å². The average Bonchev–Trinajstić information content (AvgIpc) is 3.67. The summed E-state index contributed by atoms with van der Waals surface area (Å²) >= 11 is 4.29. The molecule has 1 saturated carbocycles. The fraction of sp³-hybridized carbons (Fsp3) is 0.444. The number of ether oxygens (including phenoxy) is 2. The van der Waals surface area contributed by atoms with Gasteiger partial charge in [-0.15, -0.1) is 0 Å². The molecule has 37 heavy (non-hydrogen) atoms. The van der Waals surface area contributed by atoms with E-state index in [1.165, 1.54) is 4.90 Å². The number of aromatic hydroxyl groups is 1. The third-order valence-corrected chi connectivity index (χ3v) is 6.18. The fourth-order valence-electron chi connectivity index (χ4n) is 3.89. The number of alkyl carbamates (subject to hydrolysis) is 1. The molecule has 3 rings (SSSR count). The largest absolute Gasteiger partial charge is 0.507 e. The maximum atomic E-state index is 13.8. The highest BCUT2D eigenvalue weighted by atomic mass is 32.1. The minimum atomic E-state index is -1.15.